The van der Waals surface area contributed by atoms with Gasteiger partial charge in [0.15, 0.2) is 5.16 Å². The Kier molecular flexibility index (Phi) is 5.87. The molecule has 1 aromatic heterocycles. The van der Waals surface area contributed by atoms with Crippen LogP contribution < -0.4 is 9.47 Å². The number of ether oxygens (including phenoxy) is 2. The summed E-state index contributed by atoms with van der Waals surface area (Å²) in [5.41, 5.74) is 0.142. The molecule has 0 aromatic carbocycles. The fraction of sp³-hybridized carbons (Fsp3) is 0.692. The molecule has 1 unspecified atom stereocenters. The van der Waals surface area contributed by atoms with Crippen molar-refractivity contribution in [3.63, 3.8) is 0 Å². The normalized spacial score (nSPS) is 13.2. The SMILES string of the molecule is COc1cc(OC)nc(SC(CO)CC(C)(C)C)n1. The number of aliphatic hydroxyl groups is 1. The molecule has 1 rings (SSSR count). The molecule has 1 heterocycles. The summed E-state index contributed by atoms with van der Waals surface area (Å²) in [4.78, 5) is 8.51. The smallest absolute Gasteiger partial charge is 0.220 e. The van der Waals surface area contributed by atoms with Crippen LogP contribution in [0.1, 0.15) is 27.2 Å². The van der Waals surface area contributed by atoms with Crippen LogP contribution in [-0.4, -0.2) is 41.2 Å². The van der Waals surface area contributed by atoms with Crippen LogP contribution in [0.25, 0.3) is 0 Å². The molecule has 1 atom stereocenters. The van der Waals surface area contributed by atoms with Gasteiger partial charge in [0.25, 0.3) is 0 Å². The van der Waals surface area contributed by atoms with Crippen molar-refractivity contribution in [3.05, 3.63) is 6.07 Å². The molecule has 0 aliphatic rings. The first-order valence-electron chi connectivity index (χ1n) is 6.12. The largest absolute Gasteiger partial charge is 0.481 e. The van der Waals surface area contributed by atoms with Crippen LogP contribution in [0.15, 0.2) is 11.2 Å². The predicted octanol–water partition coefficient (Wildman–Crippen LogP) is 2.38. The lowest BCUT2D eigenvalue weighted by molar-refractivity contribution is 0.258. The number of methoxy groups -OCH3 is 2. The van der Waals surface area contributed by atoms with Gasteiger partial charge in [0.2, 0.25) is 11.8 Å². The van der Waals surface area contributed by atoms with Gasteiger partial charge in [-0.05, 0) is 11.8 Å². The lowest BCUT2D eigenvalue weighted by Crippen LogP contribution is -2.18. The van der Waals surface area contributed by atoms with Crippen LogP contribution in [0.3, 0.4) is 0 Å². The minimum absolute atomic E-state index is 0.0526. The van der Waals surface area contributed by atoms with Gasteiger partial charge in [0.1, 0.15) is 0 Å². The maximum atomic E-state index is 9.46. The van der Waals surface area contributed by atoms with Crippen LogP contribution in [0, 0.1) is 5.41 Å². The lowest BCUT2D eigenvalue weighted by Gasteiger charge is -2.23. The minimum Gasteiger partial charge on any atom is -0.481 e. The Morgan fingerprint density at radius 2 is 1.74 bits per heavy atom. The lowest BCUT2D eigenvalue weighted by atomic mass is 9.90. The van der Waals surface area contributed by atoms with Gasteiger partial charge in [-0.1, -0.05) is 32.5 Å². The van der Waals surface area contributed by atoms with Gasteiger partial charge < -0.3 is 14.6 Å². The average molecular weight is 286 g/mol. The second-order valence-electron chi connectivity index (χ2n) is 5.42. The van der Waals surface area contributed by atoms with Gasteiger partial charge in [-0.2, -0.15) is 9.97 Å². The highest BCUT2D eigenvalue weighted by molar-refractivity contribution is 7.99. The number of aliphatic hydroxyl groups excluding tert-OH is 1. The Labute approximate surface area is 118 Å². The van der Waals surface area contributed by atoms with Gasteiger partial charge in [-0.15, -0.1) is 0 Å². The maximum absolute atomic E-state index is 9.46. The summed E-state index contributed by atoms with van der Waals surface area (Å²) < 4.78 is 10.2. The topological polar surface area (TPSA) is 64.5 Å². The summed E-state index contributed by atoms with van der Waals surface area (Å²) >= 11 is 1.44. The highest BCUT2D eigenvalue weighted by Gasteiger charge is 2.21. The van der Waals surface area contributed by atoms with E-state index < -0.39 is 0 Å². The van der Waals surface area contributed by atoms with Gasteiger partial charge in [0.05, 0.1) is 26.9 Å². The van der Waals surface area contributed by atoms with Gasteiger partial charge >= 0.3 is 0 Å². The fourth-order valence-corrected chi connectivity index (χ4v) is 2.86. The van der Waals surface area contributed by atoms with Crippen LogP contribution in [0.5, 0.6) is 11.8 Å². The minimum atomic E-state index is 0.0526. The Morgan fingerprint density at radius 3 is 2.11 bits per heavy atom. The zero-order valence-corrected chi connectivity index (χ0v) is 13.0. The summed E-state index contributed by atoms with van der Waals surface area (Å²) in [5.74, 6) is 0.920. The molecule has 19 heavy (non-hydrogen) atoms. The summed E-state index contributed by atoms with van der Waals surface area (Å²) in [6.45, 7) is 6.51. The van der Waals surface area contributed by atoms with Gasteiger partial charge in [-0.3, -0.25) is 0 Å². The molecule has 1 aromatic rings. The van der Waals surface area contributed by atoms with Crippen molar-refractivity contribution < 1.29 is 14.6 Å². The molecular formula is C13H22N2O3S. The van der Waals surface area contributed by atoms with Crippen LogP contribution in [-0.2, 0) is 0 Å². The quantitative estimate of drug-likeness (QED) is 0.640. The first kappa shape index (κ1) is 16.0. The Balaban J connectivity index is 2.84. The van der Waals surface area contributed by atoms with Crippen molar-refractivity contribution in [1.29, 1.82) is 0 Å². The third-order valence-electron chi connectivity index (χ3n) is 2.39. The first-order valence-corrected chi connectivity index (χ1v) is 7.00. The highest BCUT2D eigenvalue weighted by Crippen LogP contribution is 2.32. The molecule has 0 saturated heterocycles. The molecule has 5 nitrogen and oxygen atoms in total. The van der Waals surface area contributed by atoms with Crippen molar-refractivity contribution in [2.75, 3.05) is 20.8 Å². The molecule has 0 bridgehead atoms. The van der Waals surface area contributed by atoms with E-state index in [2.05, 4.69) is 30.7 Å². The third-order valence-corrected chi connectivity index (χ3v) is 3.44. The van der Waals surface area contributed by atoms with Crippen LogP contribution >= 0.6 is 11.8 Å². The molecule has 108 valence electrons. The fourth-order valence-electron chi connectivity index (χ4n) is 1.62. The second kappa shape index (κ2) is 6.96. The molecule has 6 heteroatoms. The van der Waals surface area contributed by atoms with E-state index in [4.69, 9.17) is 9.47 Å². The van der Waals surface area contributed by atoms with E-state index in [1.165, 1.54) is 11.8 Å². The Hall–Kier alpha value is -1.01. The Morgan fingerprint density at radius 1 is 1.21 bits per heavy atom. The summed E-state index contributed by atoms with van der Waals surface area (Å²) in [6, 6.07) is 1.63. The van der Waals surface area contributed by atoms with E-state index in [1.807, 2.05) is 0 Å². The van der Waals surface area contributed by atoms with Crippen molar-refractivity contribution in [1.82, 2.24) is 9.97 Å². The zero-order chi connectivity index (χ0) is 14.5. The molecule has 0 amide bonds. The second-order valence-corrected chi connectivity index (χ2v) is 6.69. The average Bonchev–Trinajstić information content (AvgIpc) is 2.35. The molecule has 0 spiro atoms. The number of rotatable bonds is 6. The summed E-state index contributed by atoms with van der Waals surface area (Å²) in [6.07, 6.45) is 0.872. The Bertz CT molecular complexity index is 385. The summed E-state index contributed by atoms with van der Waals surface area (Å²) in [7, 11) is 3.10. The number of thioether (sulfide) groups is 1. The van der Waals surface area contributed by atoms with Gasteiger partial charge in [0, 0.05) is 5.25 Å². The highest BCUT2D eigenvalue weighted by atomic mass is 32.2. The molecule has 1 N–H and O–H groups in total. The third kappa shape index (κ3) is 5.65. The number of nitrogens with zero attached hydrogens (tertiary/aromatic N) is 2. The van der Waals surface area contributed by atoms with Crippen LogP contribution in [0.4, 0.5) is 0 Å². The van der Waals surface area contributed by atoms with E-state index in [0.29, 0.717) is 16.9 Å². The zero-order valence-electron chi connectivity index (χ0n) is 12.1. The first-order chi connectivity index (χ1) is 8.87. The molecule has 0 aliphatic carbocycles. The van der Waals surface area contributed by atoms with E-state index in [1.54, 1.807) is 20.3 Å². The van der Waals surface area contributed by atoms with Crippen molar-refractivity contribution in [2.24, 2.45) is 5.41 Å². The van der Waals surface area contributed by atoms with Crippen molar-refractivity contribution >= 4 is 11.8 Å². The standard InChI is InChI=1S/C13H22N2O3S/c1-13(2,3)7-9(8-16)19-12-14-10(17-4)6-11(15-12)18-5/h6,9,16H,7-8H2,1-5H3. The molecule has 0 saturated carbocycles. The van der Waals surface area contributed by atoms with E-state index in [9.17, 15) is 5.11 Å². The molecular weight excluding hydrogens is 264 g/mol. The van der Waals surface area contributed by atoms with Crippen LogP contribution in [0.2, 0.25) is 0 Å². The predicted molar refractivity (Wildman–Crippen MR) is 75.9 cm³/mol. The van der Waals surface area contributed by atoms with E-state index in [0.717, 1.165) is 6.42 Å². The van der Waals surface area contributed by atoms with Gasteiger partial charge in [-0.25, -0.2) is 0 Å². The van der Waals surface area contributed by atoms with E-state index in [-0.39, 0.29) is 17.3 Å². The number of hydrogen-bond acceptors (Lipinski definition) is 6. The van der Waals surface area contributed by atoms with E-state index >= 15 is 0 Å². The molecule has 0 fully saturated rings. The summed E-state index contributed by atoms with van der Waals surface area (Å²) in [5, 5.41) is 10.1. The maximum Gasteiger partial charge on any atom is 0.220 e. The monoisotopic (exact) mass is 286 g/mol. The van der Waals surface area contributed by atoms with Crippen molar-refractivity contribution in [2.45, 2.75) is 37.6 Å². The molecule has 0 radical (unpaired) electrons. The number of aromatic nitrogens is 2. The van der Waals surface area contributed by atoms with Crippen molar-refractivity contribution in [3.8, 4) is 11.8 Å². The number of hydrogen-bond donors (Lipinski definition) is 1. The molecule has 0 aliphatic heterocycles.